The van der Waals surface area contributed by atoms with E-state index in [0.717, 1.165) is 33.3 Å². The van der Waals surface area contributed by atoms with Crippen LogP contribution in [0.15, 0.2) is 42.5 Å². The average molecular weight is 303 g/mol. The van der Waals surface area contributed by atoms with Crippen LogP contribution in [-0.2, 0) is 13.0 Å². The third kappa shape index (κ3) is 2.79. The van der Waals surface area contributed by atoms with Gasteiger partial charge in [0.05, 0.1) is 9.72 Å². The number of hydrogen-bond acceptors (Lipinski definition) is 3. The van der Waals surface area contributed by atoms with Gasteiger partial charge < -0.3 is 5.32 Å². The standard InChI is InChI=1S/C16H15ClN2S/c1-2-11-8-13(17)15-14(9-11)20-16(19-15)18-10-12-6-4-3-5-7-12/h3-9H,2,10H2,1H3,(H,18,19). The lowest BCUT2D eigenvalue weighted by Crippen LogP contribution is -1.98. The summed E-state index contributed by atoms with van der Waals surface area (Å²) in [5.41, 5.74) is 3.39. The number of halogens is 1. The van der Waals surface area contributed by atoms with Crippen molar-refractivity contribution in [1.29, 1.82) is 0 Å². The largest absolute Gasteiger partial charge is 0.357 e. The second-order valence-electron chi connectivity index (χ2n) is 4.64. The molecular formula is C16H15ClN2S. The van der Waals surface area contributed by atoms with Crippen LogP contribution in [0.3, 0.4) is 0 Å². The van der Waals surface area contributed by atoms with E-state index >= 15 is 0 Å². The van der Waals surface area contributed by atoms with Crippen LogP contribution in [0.5, 0.6) is 0 Å². The molecule has 0 fully saturated rings. The van der Waals surface area contributed by atoms with E-state index in [2.05, 4.69) is 35.4 Å². The highest BCUT2D eigenvalue weighted by Gasteiger charge is 2.08. The first-order valence-electron chi connectivity index (χ1n) is 6.63. The van der Waals surface area contributed by atoms with Gasteiger partial charge in [-0.15, -0.1) is 0 Å². The number of benzene rings is 2. The smallest absolute Gasteiger partial charge is 0.184 e. The molecule has 0 aliphatic carbocycles. The van der Waals surface area contributed by atoms with E-state index < -0.39 is 0 Å². The molecule has 1 aromatic heterocycles. The summed E-state index contributed by atoms with van der Waals surface area (Å²) in [5.74, 6) is 0. The van der Waals surface area contributed by atoms with E-state index in [9.17, 15) is 0 Å². The van der Waals surface area contributed by atoms with E-state index in [0.29, 0.717) is 0 Å². The molecule has 0 aliphatic rings. The van der Waals surface area contributed by atoms with Crippen molar-refractivity contribution in [1.82, 2.24) is 4.98 Å². The minimum atomic E-state index is 0.739. The molecule has 20 heavy (non-hydrogen) atoms. The highest BCUT2D eigenvalue weighted by atomic mass is 35.5. The second kappa shape index (κ2) is 5.81. The zero-order chi connectivity index (χ0) is 13.9. The van der Waals surface area contributed by atoms with Crippen LogP contribution in [0.25, 0.3) is 10.2 Å². The zero-order valence-corrected chi connectivity index (χ0v) is 12.8. The fourth-order valence-electron chi connectivity index (χ4n) is 2.10. The normalized spacial score (nSPS) is 10.9. The highest BCUT2D eigenvalue weighted by molar-refractivity contribution is 7.22. The molecule has 102 valence electrons. The number of aryl methyl sites for hydroxylation is 1. The lowest BCUT2D eigenvalue weighted by molar-refractivity contribution is 1.14. The monoisotopic (exact) mass is 302 g/mol. The number of rotatable bonds is 4. The summed E-state index contributed by atoms with van der Waals surface area (Å²) in [6.45, 7) is 2.91. The van der Waals surface area contributed by atoms with Gasteiger partial charge in [0.1, 0.15) is 5.52 Å². The fourth-order valence-corrected chi connectivity index (χ4v) is 3.39. The Labute approximate surface area is 127 Å². The first-order chi connectivity index (χ1) is 9.76. The van der Waals surface area contributed by atoms with Crippen LogP contribution in [0.2, 0.25) is 5.02 Å². The van der Waals surface area contributed by atoms with Gasteiger partial charge in [-0.2, -0.15) is 0 Å². The molecule has 0 spiro atoms. The SMILES string of the molecule is CCc1cc(Cl)c2nc(NCc3ccccc3)sc2c1. The molecule has 2 aromatic carbocycles. The van der Waals surface area contributed by atoms with E-state index in [1.54, 1.807) is 11.3 Å². The summed E-state index contributed by atoms with van der Waals surface area (Å²) < 4.78 is 1.14. The number of nitrogens with zero attached hydrogens (tertiary/aromatic N) is 1. The number of nitrogens with one attached hydrogen (secondary N) is 1. The molecule has 3 aromatic rings. The molecule has 0 saturated heterocycles. The molecule has 0 radical (unpaired) electrons. The predicted molar refractivity (Wildman–Crippen MR) is 87.8 cm³/mol. The molecule has 3 rings (SSSR count). The van der Waals surface area contributed by atoms with Gasteiger partial charge >= 0.3 is 0 Å². The maximum atomic E-state index is 6.29. The maximum Gasteiger partial charge on any atom is 0.184 e. The number of hydrogen-bond donors (Lipinski definition) is 1. The summed E-state index contributed by atoms with van der Waals surface area (Å²) in [6, 6.07) is 14.5. The summed E-state index contributed by atoms with van der Waals surface area (Å²) in [7, 11) is 0. The Morgan fingerprint density at radius 2 is 1.95 bits per heavy atom. The summed E-state index contributed by atoms with van der Waals surface area (Å²) in [6.07, 6.45) is 0.986. The molecule has 0 saturated carbocycles. The Bertz CT molecular complexity index is 722. The van der Waals surface area contributed by atoms with Gasteiger partial charge in [0.2, 0.25) is 0 Å². The summed E-state index contributed by atoms with van der Waals surface area (Å²) in [5, 5.41) is 5.02. The molecule has 0 bridgehead atoms. The Morgan fingerprint density at radius 1 is 1.15 bits per heavy atom. The minimum Gasteiger partial charge on any atom is -0.357 e. The highest BCUT2D eigenvalue weighted by Crippen LogP contribution is 2.32. The molecule has 0 amide bonds. The third-order valence-electron chi connectivity index (χ3n) is 3.20. The first-order valence-corrected chi connectivity index (χ1v) is 7.82. The topological polar surface area (TPSA) is 24.9 Å². The summed E-state index contributed by atoms with van der Waals surface area (Å²) >= 11 is 7.94. The van der Waals surface area contributed by atoms with Gasteiger partial charge in [-0.25, -0.2) is 4.98 Å². The van der Waals surface area contributed by atoms with E-state index in [-0.39, 0.29) is 0 Å². The van der Waals surface area contributed by atoms with Gasteiger partial charge in [0, 0.05) is 6.54 Å². The molecular weight excluding hydrogens is 288 g/mol. The molecule has 0 aliphatic heterocycles. The quantitative estimate of drug-likeness (QED) is 0.723. The van der Waals surface area contributed by atoms with Crippen molar-refractivity contribution in [3.05, 3.63) is 58.6 Å². The number of aromatic nitrogens is 1. The van der Waals surface area contributed by atoms with Gasteiger partial charge in [-0.1, -0.05) is 60.2 Å². The van der Waals surface area contributed by atoms with Crippen LogP contribution in [0.1, 0.15) is 18.1 Å². The number of fused-ring (bicyclic) bond motifs is 1. The van der Waals surface area contributed by atoms with Crippen LogP contribution >= 0.6 is 22.9 Å². The second-order valence-corrected chi connectivity index (χ2v) is 6.07. The van der Waals surface area contributed by atoms with Crippen molar-refractivity contribution in [3.8, 4) is 0 Å². The Kier molecular flexibility index (Phi) is 3.90. The Morgan fingerprint density at radius 3 is 2.70 bits per heavy atom. The van der Waals surface area contributed by atoms with Crippen LogP contribution < -0.4 is 5.32 Å². The van der Waals surface area contributed by atoms with Gasteiger partial charge in [0.25, 0.3) is 0 Å². The van der Waals surface area contributed by atoms with Crippen molar-refractivity contribution in [2.75, 3.05) is 5.32 Å². The van der Waals surface area contributed by atoms with Crippen LogP contribution in [0, 0.1) is 0 Å². The number of thiazole rings is 1. The number of anilines is 1. The van der Waals surface area contributed by atoms with E-state index in [1.807, 2.05) is 24.3 Å². The molecule has 1 heterocycles. The summed E-state index contributed by atoms with van der Waals surface area (Å²) in [4.78, 5) is 4.58. The third-order valence-corrected chi connectivity index (χ3v) is 4.45. The van der Waals surface area contributed by atoms with Crippen molar-refractivity contribution in [2.45, 2.75) is 19.9 Å². The Hall–Kier alpha value is -1.58. The van der Waals surface area contributed by atoms with Crippen molar-refractivity contribution in [3.63, 3.8) is 0 Å². The minimum absolute atomic E-state index is 0.739. The predicted octanol–water partition coefficient (Wildman–Crippen LogP) is 5.12. The Balaban J connectivity index is 1.84. The van der Waals surface area contributed by atoms with Crippen LogP contribution in [-0.4, -0.2) is 4.98 Å². The molecule has 2 nitrogen and oxygen atoms in total. The molecule has 4 heteroatoms. The first kappa shape index (κ1) is 13.4. The van der Waals surface area contributed by atoms with Crippen molar-refractivity contribution in [2.24, 2.45) is 0 Å². The lowest BCUT2D eigenvalue weighted by atomic mass is 10.2. The van der Waals surface area contributed by atoms with Gasteiger partial charge in [0.15, 0.2) is 5.13 Å². The van der Waals surface area contributed by atoms with Gasteiger partial charge in [-0.05, 0) is 29.7 Å². The fraction of sp³-hybridized carbons (Fsp3) is 0.188. The van der Waals surface area contributed by atoms with Crippen LogP contribution in [0.4, 0.5) is 5.13 Å². The average Bonchev–Trinajstić information content (AvgIpc) is 2.89. The van der Waals surface area contributed by atoms with E-state index in [4.69, 9.17) is 11.6 Å². The molecule has 0 atom stereocenters. The van der Waals surface area contributed by atoms with Crippen molar-refractivity contribution < 1.29 is 0 Å². The zero-order valence-electron chi connectivity index (χ0n) is 11.2. The van der Waals surface area contributed by atoms with Crippen molar-refractivity contribution >= 4 is 38.3 Å². The molecule has 0 unspecified atom stereocenters. The lowest BCUT2D eigenvalue weighted by Gasteiger charge is -2.01. The molecule has 1 N–H and O–H groups in total. The maximum absolute atomic E-state index is 6.29. The van der Waals surface area contributed by atoms with E-state index in [1.165, 1.54) is 11.1 Å². The van der Waals surface area contributed by atoms with Gasteiger partial charge in [-0.3, -0.25) is 0 Å².